The number of rotatable bonds is 8. The molecule has 0 heterocycles. The third-order valence-corrected chi connectivity index (χ3v) is 2.88. The lowest BCUT2D eigenvalue weighted by molar-refractivity contribution is 0.293. The fourth-order valence-corrected chi connectivity index (χ4v) is 1.89. The van der Waals surface area contributed by atoms with Gasteiger partial charge in [0.2, 0.25) is 0 Å². The first-order valence-corrected chi connectivity index (χ1v) is 6.80. The van der Waals surface area contributed by atoms with Crippen LogP contribution in [0.5, 0.6) is 11.5 Å². The third kappa shape index (κ3) is 5.13. The van der Waals surface area contributed by atoms with Gasteiger partial charge in [-0.25, -0.2) is 0 Å². The van der Waals surface area contributed by atoms with E-state index in [2.05, 4.69) is 18.8 Å². The van der Waals surface area contributed by atoms with E-state index in [1.54, 1.807) is 13.2 Å². The van der Waals surface area contributed by atoms with Gasteiger partial charge in [-0.2, -0.15) is 0 Å². The molecule has 19 heavy (non-hydrogen) atoms. The fraction of sp³-hybridized carbons (Fsp3) is 0.467. The van der Waals surface area contributed by atoms with Crippen LogP contribution < -0.4 is 14.8 Å². The fourth-order valence-electron chi connectivity index (χ4n) is 1.66. The van der Waals surface area contributed by atoms with Crippen LogP contribution in [0.25, 0.3) is 0 Å². The lowest BCUT2D eigenvalue weighted by atomic mass is 10.1. The Kier molecular flexibility index (Phi) is 6.74. The van der Waals surface area contributed by atoms with Crippen molar-refractivity contribution in [3.8, 4) is 11.5 Å². The first-order chi connectivity index (χ1) is 9.08. The first-order valence-electron chi connectivity index (χ1n) is 6.42. The monoisotopic (exact) mass is 283 g/mol. The van der Waals surface area contributed by atoms with Gasteiger partial charge >= 0.3 is 0 Å². The summed E-state index contributed by atoms with van der Waals surface area (Å²) >= 11 is 6.09. The zero-order valence-corrected chi connectivity index (χ0v) is 12.6. The van der Waals surface area contributed by atoms with Crippen molar-refractivity contribution in [2.24, 2.45) is 0 Å². The summed E-state index contributed by atoms with van der Waals surface area (Å²) in [6.07, 6.45) is 0.826. The van der Waals surface area contributed by atoms with Crippen molar-refractivity contribution in [1.29, 1.82) is 0 Å². The SMILES string of the molecule is C=C(C)CCOc1c(CNCC)cc(Cl)cc1OC. The number of nitrogens with one attached hydrogen (secondary N) is 1. The molecule has 0 amide bonds. The van der Waals surface area contributed by atoms with E-state index < -0.39 is 0 Å². The van der Waals surface area contributed by atoms with Crippen molar-refractivity contribution in [3.05, 3.63) is 34.9 Å². The van der Waals surface area contributed by atoms with Crippen LogP contribution in [0, 0.1) is 0 Å². The molecule has 0 fully saturated rings. The molecule has 0 aromatic heterocycles. The highest BCUT2D eigenvalue weighted by Crippen LogP contribution is 2.35. The number of halogens is 1. The predicted octanol–water partition coefficient (Wildman–Crippen LogP) is 3.80. The second-order valence-corrected chi connectivity index (χ2v) is 4.87. The van der Waals surface area contributed by atoms with Crippen LogP contribution in [0.15, 0.2) is 24.3 Å². The summed E-state index contributed by atoms with van der Waals surface area (Å²) in [5.41, 5.74) is 2.11. The number of benzene rings is 1. The molecule has 0 bridgehead atoms. The van der Waals surface area contributed by atoms with Gasteiger partial charge in [-0.05, 0) is 19.5 Å². The molecular formula is C15H22ClNO2. The highest BCUT2D eigenvalue weighted by molar-refractivity contribution is 6.30. The Morgan fingerprint density at radius 1 is 1.42 bits per heavy atom. The molecule has 0 aliphatic heterocycles. The van der Waals surface area contributed by atoms with Crippen molar-refractivity contribution in [2.75, 3.05) is 20.3 Å². The average Bonchev–Trinajstić information content (AvgIpc) is 2.37. The Labute approximate surface area is 120 Å². The van der Waals surface area contributed by atoms with Crippen LogP contribution >= 0.6 is 11.6 Å². The summed E-state index contributed by atoms with van der Waals surface area (Å²) in [5.74, 6) is 1.43. The molecule has 1 aromatic carbocycles. The number of hydrogen-bond acceptors (Lipinski definition) is 3. The highest BCUT2D eigenvalue weighted by Gasteiger charge is 2.12. The lowest BCUT2D eigenvalue weighted by Crippen LogP contribution is -2.13. The third-order valence-electron chi connectivity index (χ3n) is 2.66. The van der Waals surface area contributed by atoms with Crippen molar-refractivity contribution in [3.63, 3.8) is 0 Å². The number of ether oxygens (including phenoxy) is 2. The molecule has 0 aliphatic carbocycles. The minimum absolute atomic E-state index is 0.590. The molecule has 3 nitrogen and oxygen atoms in total. The highest BCUT2D eigenvalue weighted by atomic mass is 35.5. The molecule has 0 atom stereocenters. The smallest absolute Gasteiger partial charge is 0.165 e. The van der Waals surface area contributed by atoms with Crippen LogP contribution in [0.2, 0.25) is 5.02 Å². The maximum atomic E-state index is 6.09. The Morgan fingerprint density at radius 2 is 2.16 bits per heavy atom. The van der Waals surface area contributed by atoms with Crippen molar-refractivity contribution in [2.45, 2.75) is 26.8 Å². The van der Waals surface area contributed by atoms with Gasteiger partial charge in [-0.15, -0.1) is 6.58 Å². The topological polar surface area (TPSA) is 30.5 Å². The standard InChI is InChI=1S/C15H22ClNO2/c1-5-17-10-12-8-13(16)9-14(18-4)15(12)19-7-6-11(2)3/h8-9,17H,2,5-7,10H2,1,3-4H3. The zero-order valence-electron chi connectivity index (χ0n) is 11.9. The second-order valence-electron chi connectivity index (χ2n) is 4.43. The van der Waals surface area contributed by atoms with E-state index in [0.29, 0.717) is 23.9 Å². The van der Waals surface area contributed by atoms with Crippen molar-refractivity contribution >= 4 is 11.6 Å². The van der Waals surface area contributed by atoms with Gasteiger partial charge < -0.3 is 14.8 Å². The van der Waals surface area contributed by atoms with Crippen LogP contribution in [-0.2, 0) is 6.54 Å². The van der Waals surface area contributed by atoms with E-state index in [4.69, 9.17) is 21.1 Å². The van der Waals surface area contributed by atoms with Gasteiger partial charge in [-0.3, -0.25) is 0 Å². The van der Waals surface area contributed by atoms with Gasteiger partial charge in [0.1, 0.15) is 0 Å². The number of methoxy groups -OCH3 is 1. The minimum atomic E-state index is 0.590. The summed E-state index contributed by atoms with van der Waals surface area (Å²) < 4.78 is 11.2. The van der Waals surface area contributed by atoms with E-state index in [1.807, 2.05) is 13.0 Å². The van der Waals surface area contributed by atoms with E-state index in [9.17, 15) is 0 Å². The maximum Gasteiger partial charge on any atom is 0.165 e. The Balaban J connectivity index is 2.91. The quantitative estimate of drug-likeness (QED) is 0.736. The molecule has 0 saturated carbocycles. The summed E-state index contributed by atoms with van der Waals surface area (Å²) in [6.45, 7) is 10.1. The molecule has 0 unspecified atom stereocenters. The van der Waals surface area contributed by atoms with Crippen LogP contribution in [0.4, 0.5) is 0 Å². The Hall–Kier alpha value is -1.19. The molecule has 1 aromatic rings. The van der Waals surface area contributed by atoms with E-state index in [-0.39, 0.29) is 0 Å². The normalized spacial score (nSPS) is 10.3. The largest absolute Gasteiger partial charge is 0.493 e. The van der Waals surface area contributed by atoms with Gasteiger partial charge in [0.05, 0.1) is 13.7 Å². The van der Waals surface area contributed by atoms with E-state index >= 15 is 0 Å². The van der Waals surface area contributed by atoms with Crippen molar-refractivity contribution < 1.29 is 9.47 Å². The van der Waals surface area contributed by atoms with E-state index in [1.165, 1.54) is 0 Å². The molecular weight excluding hydrogens is 262 g/mol. The Morgan fingerprint density at radius 3 is 2.74 bits per heavy atom. The molecule has 4 heteroatoms. The van der Waals surface area contributed by atoms with Gasteiger partial charge in [0, 0.05) is 29.6 Å². The minimum Gasteiger partial charge on any atom is -0.493 e. The molecule has 1 N–H and O–H groups in total. The molecule has 0 aliphatic rings. The zero-order chi connectivity index (χ0) is 14.3. The Bertz CT molecular complexity index is 432. The maximum absolute atomic E-state index is 6.09. The van der Waals surface area contributed by atoms with Crippen LogP contribution in [0.3, 0.4) is 0 Å². The number of hydrogen-bond donors (Lipinski definition) is 1. The summed E-state index contributed by atoms with van der Waals surface area (Å²) in [5, 5.41) is 3.92. The molecule has 0 saturated heterocycles. The summed E-state index contributed by atoms with van der Waals surface area (Å²) in [7, 11) is 1.62. The van der Waals surface area contributed by atoms with Crippen molar-refractivity contribution in [1.82, 2.24) is 5.32 Å². The van der Waals surface area contributed by atoms with Gasteiger partial charge in [-0.1, -0.05) is 24.1 Å². The second kappa shape index (κ2) is 8.08. The van der Waals surface area contributed by atoms with E-state index in [0.717, 1.165) is 29.9 Å². The lowest BCUT2D eigenvalue weighted by Gasteiger charge is -2.16. The van der Waals surface area contributed by atoms with Gasteiger partial charge in [0.25, 0.3) is 0 Å². The van der Waals surface area contributed by atoms with Gasteiger partial charge in [0.15, 0.2) is 11.5 Å². The summed E-state index contributed by atoms with van der Waals surface area (Å²) in [6, 6.07) is 3.68. The molecule has 1 rings (SSSR count). The van der Waals surface area contributed by atoms with Crippen LogP contribution in [0.1, 0.15) is 25.8 Å². The molecule has 106 valence electrons. The predicted molar refractivity (Wildman–Crippen MR) is 80.3 cm³/mol. The first kappa shape index (κ1) is 15.9. The van der Waals surface area contributed by atoms with Crippen LogP contribution in [-0.4, -0.2) is 20.3 Å². The molecule has 0 radical (unpaired) electrons. The average molecular weight is 284 g/mol. The molecule has 0 spiro atoms. The summed E-state index contributed by atoms with van der Waals surface area (Å²) in [4.78, 5) is 0.